The number of alkyl halides is 3. The lowest BCUT2D eigenvalue weighted by atomic mass is 9.77. The van der Waals surface area contributed by atoms with Gasteiger partial charge in [0.15, 0.2) is 11.5 Å². The molecule has 2 aromatic carbocycles. The molecule has 4 rings (SSSR count). The maximum absolute atomic E-state index is 13.3. The van der Waals surface area contributed by atoms with Gasteiger partial charge in [-0.15, -0.1) is 24.8 Å². The number of hydrogen-bond donors (Lipinski definition) is 3. The van der Waals surface area contributed by atoms with Crippen LogP contribution in [0.4, 0.5) is 13.2 Å². The smallest absolute Gasteiger partial charge is 0.416 e. The highest BCUT2D eigenvalue weighted by Crippen LogP contribution is 2.45. The molecule has 254 valence electrons. The Labute approximate surface area is 278 Å². The summed E-state index contributed by atoms with van der Waals surface area (Å²) in [5, 5.41) is 20.9. The average Bonchev–Trinajstić information content (AvgIpc) is 2.97. The topological polar surface area (TPSA) is 126 Å². The van der Waals surface area contributed by atoms with Crippen molar-refractivity contribution in [1.82, 2.24) is 9.80 Å². The van der Waals surface area contributed by atoms with Crippen LogP contribution in [0.15, 0.2) is 58.9 Å². The Morgan fingerprint density at radius 2 is 1.52 bits per heavy atom. The molecule has 2 aliphatic rings. The van der Waals surface area contributed by atoms with Crippen molar-refractivity contribution in [3.05, 3.63) is 81.2 Å². The third-order valence-corrected chi connectivity index (χ3v) is 8.46. The molecule has 0 amide bonds. The lowest BCUT2D eigenvalue weighted by Gasteiger charge is -2.41. The number of aliphatic carboxylic acids is 2. The second-order valence-corrected chi connectivity index (χ2v) is 11.4. The molecule has 2 heterocycles. The number of methoxy groups -OCH3 is 2. The highest BCUT2D eigenvalue weighted by Gasteiger charge is 2.43. The molecule has 2 atom stereocenters. The number of likely N-dealkylation sites (N-methyl/N-ethyl adjacent to an activating group) is 1. The minimum absolute atomic E-state index is 0. The molecular formula is C32H40Cl2F3N3O6. The van der Waals surface area contributed by atoms with Crippen molar-refractivity contribution in [1.29, 1.82) is 0 Å². The van der Waals surface area contributed by atoms with Gasteiger partial charge in [-0.25, -0.2) is 9.59 Å². The zero-order valence-electron chi connectivity index (χ0n) is 26.2. The predicted molar refractivity (Wildman–Crippen MR) is 172 cm³/mol. The third kappa shape index (κ3) is 7.74. The zero-order chi connectivity index (χ0) is 32.5. The average molecular weight is 691 g/mol. The Bertz CT molecular complexity index is 1500. The number of hydrogen-bond acceptors (Lipinski definition) is 7. The summed E-state index contributed by atoms with van der Waals surface area (Å²) in [6, 6.07) is 7.06. The van der Waals surface area contributed by atoms with Crippen LogP contribution in [0.25, 0.3) is 0 Å². The number of nitrogens with zero attached hydrogens (tertiary/aromatic N) is 2. The zero-order valence-corrected chi connectivity index (χ0v) is 27.8. The van der Waals surface area contributed by atoms with E-state index in [-0.39, 0.29) is 59.6 Å². The molecule has 0 aromatic heterocycles. The fourth-order valence-corrected chi connectivity index (χ4v) is 6.06. The van der Waals surface area contributed by atoms with Gasteiger partial charge in [-0.1, -0.05) is 26.0 Å². The van der Waals surface area contributed by atoms with E-state index in [1.807, 2.05) is 26.0 Å². The molecule has 9 nitrogen and oxygen atoms in total. The first kappa shape index (κ1) is 38.7. The van der Waals surface area contributed by atoms with Crippen LogP contribution in [-0.2, 0) is 28.7 Å². The summed E-state index contributed by atoms with van der Waals surface area (Å²) >= 11 is 0. The van der Waals surface area contributed by atoms with Gasteiger partial charge in [-0.2, -0.15) is 13.2 Å². The molecule has 0 radical (unpaired) electrons. The fourth-order valence-electron chi connectivity index (χ4n) is 6.06. The highest BCUT2D eigenvalue weighted by molar-refractivity contribution is 5.98. The third-order valence-electron chi connectivity index (χ3n) is 8.46. The van der Waals surface area contributed by atoms with E-state index in [9.17, 15) is 33.0 Å². The Kier molecular flexibility index (Phi) is 13.0. The van der Waals surface area contributed by atoms with E-state index in [0.29, 0.717) is 36.8 Å². The van der Waals surface area contributed by atoms with Gasteiger partial charge in [0.1, 0.15) is 0 Å². The van der Waals surface area contributed by atoms with Crippen LogP contribution in [0.5, 0.6) is 11.5 Å². The van der Waals surface area contributed by atoms with Gasteiger partial charge in [0.25, 0.3) is 0 Å². The van der Waals surface area contributed by atoms with Crippen molar-refractivity contribution < 1.29 is 42.4 Å². The molecule has 0 spiro atoms. The minimum atomic E-state index is -4.61. The van der Waals surface area contributed by atoms with Crippen molar-refractivity contribution in [2.45, 2.75) is 51.4 Å². The summed E-state index contributed by atoms with van der Waals surface area (Å²) < 4.78 is 50.9. The normalized spacial score (nSPS) is 17.6. The SMILES string of the molecule is COc1cc2c(cc1OC)CN(CCC1=C(C(=O)O)C(c3ccc(C(F)(F)F)cc3)C(C(=O)O)=C(C(N)C(C)C)N1C)CC2.Cl.Cl. The monoisotopic (exact) mass is 689 g/mol. The van der Waals surface area contributed by atoms with Crippen LogP contribution >= 0.6 is 24.8 Å². The first-order valence-electron chi connectivity index (χ1n) is 14.3. The molecule has 0 aliphatic carbocycles. The predicted octanol–water partition coefficient (Wildman–Crippen LogP) is 5.70. The first-order chi connectivity index (χ1) is 20.7. The van der Waals surface area contributed by atoms with Crippen molar-refractivity contribution >= 4 is 36.8 Å². The van der Waals surface area contributed by atoms with Crippen LogP contribution in [0.1, 0.15) is 48.4 Å². The van der Waals surface area contributed by atoms with Gasteiger partial charge in [0.05, 0.1) is 36.8 Å². The van der Waals surface area contributed by atoms with Crippen molar-refractivity contribution in [2.75, 3.05) is 34.4 Å². The van der Waals surface area contributed by atoms with Crippen LogP contribution in [0.2, 0.25) is 0 Å². The van der Waals surface area contributed by atoms with Crippen molar-refractivity contribution in [3.8, 4) is 11.5 Å². The molecule has 46 heavy (non-hydrogen) atoms. The van der Waals surface area contributed by atoms with E-state index in [2.05, 4.69) is 4.90 Å². The molecule has 0 saturated heterocycles. The number of rotatable bonds is 10. The number of nitrogens with two attached hydrogens (primary N) is 1. The number of carboxylic acids is 2. The Morgan fingerprint density at radius 1 is 0.978 bits per heavy atom. The lowest BCUT2D eigenvalue weighted by molar-refractivity contribution is -0.138. The maximum atomic E-state index is 13.3. The van der Waals surface area contributed by atoms with Gasteiger partial charge in [-0.3, -0.25) is 4.90 Å². The van der Waals surface area contributed by atoms with Crippen LogP contribution in [0, 0.1) is 5.92 Å². The molecular weight excluding hydrogens is 650 g/mol. The van der Waals surface area contributed by atoms with Gasteiger partial charge in [-0.05, 0) is 53.3 Å². The standard InChI is InChI=1S/C32H38F3N3O6.2ClH/c1-17(2)28(36)29-27(31(41)42)25(18-6-8-21(9-7-18)32(33,34)35)26(30(39)40)22(37(29)3)11-13-38-12-10-19-14-23(43-4)24(44-5)15-20(19)16-38;;/h6-9,14-15,17,25,28H,10-13,16,36H2,1-5H3,(H,39,40)(H,41,42);2*1H. The molecule has 0 fully saturated rings. The van der Waals surface area contributed by atoms with Crippen LogP contribution in [0.3, 0.4) is 0 Å². The summed E-state index contributed by atoms with van der Waals surface area (Å²) in [5.74, 6) is -3.04. The molecule has 2 unspecified atom stereocenters. The molecule has 2 aromatic rings. The quantitative estimate of drug-likeness (QED) is 0.288. The van der Waals surface area contributed by atoms with E-state index >= 15 is 0 Å². The minimum Gasteiger partial charge on any atom is -0.493 e. The van der Waals surface area contributed by atoms with E-state index in [1.54, 1.807) is 26.2 Å². The highest BCUT2D eigenvalue weighted by atomic mass is 35.5. The van der Waals surface area contributed by atoms with Crippen LogP contribution in [-0.4, -0.2) is 72.4 Å². The first-order valence-corrected chi connectivity index (χ1v) is 14.3. The van der Waals surface area contributed by atoms with Crippen molar-refractivity contribution in [2.24, 2.45) is 11.7 Å². The Morgan fingerprint density at radius 3 is 2.00 bits per heavy atom. The molecule has 4 N–H and O–H groups in total. The lowest BCUT2D eigenvalue weighted by Crippen LogP contribution is -2.44. The number of fused-ring (bicyclic) bond motifs is 1. The van der Waals surface area contributed by atoms with E-state index in [4.69, 9.17) is 15.2 Å². The molecule has 0 saturated carbocycles. The number of carboxylic acid groups (broad SMARTS) is 2. The Hall–Kier alpha value is -3.45. The molecule has 2 aliphatic heterocycles. The second kappa shape index (κ2) is 15.4. The number of halogens is 5. The van der Waals surface area contributed by atoms with E-state index in [1.165, 1.54) is 0 Å². The van der Waals surface area contributed by atoms with Gasteiger partial charge < -0.3 is 30.3 Å². The van der Waals surface area contributed by atoms with E-state index in [0.717, 1.165) is 41.8 Å². The largest absolute Gasteiger partial charge is 0.493 e. The van der Waals surface area contributed by atoms with Crippen molar-refractivity contribution in [3.63, 3.8) is 0 Å². The fraction of sp³-hybridized carbons (Fsp3) is 0.438. The second-order valence-electron chi connectivity index (χ2n) is 11.4. The van der Waals surface area contributed by atoms with Crippen LogP contribution < -0.4 is 15.2 Å². The van der Waals surface area contributed by atoms with Gasteiger partial charge in [0, 0.05) is 50.5 Å². The number of benzene rings is 2. The summed E-state index contributed by atoms with van der Waals surface area (Å²) in [6.07, 6.45) is -3.64. The molecule has 0 bridgehead atoms. The maximum Gasteiger partial charge on any atom is 0.416 e. The number of ether oxygens (including phenoxy) is 2. The van der Waals surface area contributed by atoms with E-state index < -0.39 is 35.6 Å². The summed E-state index contributed by atoms with van der Waals surface area (Å²) in [5.41, 5.74) is 8.06. The Balaban J connectivity index is 0.00000368. The van der Waals surface area contributed by atoms with Gasteiger partial charge >= 0.3 is 18.1 Å². The summed E-state index contributed by atoms with van der Waals surface area (Å²) in [7, 11) is 4.74. The molecule has 14 heteroatoms. The summed E-state index contributed by atoms with van der Waals surface area (Å²) in [4.78, 5) is 29.4. The number of carbonyl (C=O) groups is 2. The van der Waals surface area contributed by atoms with Gasteiger partial charge in [0.2, 0.25) is 0 Å². The summed E-state index contributed by atoms with van der Waals surface area (Å²) in [6.45, 7) is 5.35.